The fraction of sp³-hybridized carbons (Fsp3) is 0.450. The van der Waals surface area contributed by atoms with Gasteiger partial charge in [0.25, 0.3) is 5.91 Å². The van der Waals surface area contributed by atoms with Crippen LogP contribution in [0.15, 0.2) is 42.9 Å². The predicted molar refractivity (Wildman–Crippen MR) is 99.8 cm³/mol. The summed E-state index contributed by atoms with van der Waals surface area (Å²) in [5.74, 6) is 0.0803. The molecule has 2 aromatic rings. The second kappa shape index (κ2) is 8.87. The van der Waals surface area contributed by atoms with Crippen LogP contribution < -0.4 is 0 Å². The number of rotatable bonds is 6. The SMILES string of the molecule is CN(C)Cc1ccc(C(=O)N2CCO[C@@H](CCc3ccncn3)C2)cc1. The Labute approximate surface area is 154 Å². The maximum atomic E-state index is 12.8. The Morgan fingerprint density at radius 2 is 2.08 bits per heavy atom. The van der Waals surface area contributed by atoms with E-state index in [0.717, 1.165) is 30.6 Å². The molecule has 0 radical (unpaired) electrons. The number of hydrogen-bond donors (Lipinski definition) is 0. The molecule has 3 rings (SSSR count). The van der Waals surface area contributed by atoms with Crippen molar-refractivity contribution in [2.45, 2.75) is 25.5 Å². The Morgan fingerprint density at radius 3 is 2.77 bits per heavy atom. The van der Waals surface area contributed by atoms with E-state index in [1.54, 1.807) is 12.5 Å². The molecule has 0 saturated carbocycles. The van der Waals surface area contributed by atoms with Gasteiger partial charge in [-0.1, -0.05) is 12.1 Å². The maximum Gasteiger partial charge on any atom is 0.254 e. The van der Waals surface area contributed by atoms with E-state index in [1.807, 2.05) is 49.3 Å². The molecule has 1 amide bonds. The van der Waals surface area contributed by atoms with Gasteiger partial charge >= 0.3 is 0 Å². The second-order valence-electron chi connectivity index (χ2n) is 6.92. The van der Waals surface area contributed by atoms with Crippen molar-refractivity contribution in [2.24, 2.45) is 0 Å². The highest BCUT2D eigenvalue weighted by Gasteiger charge is 2.25. The maximum absolute atomic E-state index is 12.8. The molecule has 1 saturated heterocycles. The van der Waals surface area contributed by atoms with Gasteiger partial charge in [-0.25, -0.2) is 9.97 Å². The van der Waals surface area contributed by atoms with Gasteiger partial charge in [0, 0.05) is 37.1 Å². The van der Waals surface area contributed by atoms with Crippen molar-refractivity contribution in [1.29, 1.82) is 0 Å². The number of ether oxygens (including phenoxy) is 1. The molecule has 0 bridgehead atoms. The van der Waals surface area contributed by atoms with Gasteiger partial charge in [0.1, 0.15) is 6.33 Å². The first-order valence-electron chi connectivity index (χ1n) is 9.01. The number of amides is 1. The summed E-state index contributed by atoms with van der Waals surface area (Å²) in [4.78, 5) is 25.0. The fourth-order valence-electron chi connectivity index (χ4n) is 3.15. The molecule has 6 nitrogen and oxygen atoms in total. The monoisotopic (exact) mass is 354 g/mol. The zero-order valence-corrected chi connectivity index (χ0v) is 15.5. The molecule has 0 N–H and O–H groups in total. The number of aryl methyl sites for hydroxylation is 1. The lowest BCUT2D eigenvalue weighted by molar-refractivity contribution is -0.0246. The van der Waals surface area contributed by atoms with Crippen molar-refractivity contribution in [2.75, 3.05) is 33.8 Å². The van der Waals surface area contributed by atoms with Gasteiger partial charge in [-0.15, -0.1) is 0 Å². The Morgan fingerprint density at radius 1 is 1.27 bits per heavy atom. The van der Waals surface area contributed by atoms with Crippen LogP contribution >= 0.6 is 0 Å². The zero-order valence-electron chi connectivity index (χ0n) is 15.5. The topological polar surface area (TPSA) is 58.6 Å². The van der Waals surface area contributed by atoms with E-state index in [9.17, 15) is 4.79 Å². The predicted octanol–water partition coefficient (Wildman–Crippen LogP) is 2.01. The van der Waals surface area contributed by atoms with Gasteiger partial charge in [-0.3, -0.25) is 4.79 Å². The second-order valence-corrected chi connectivity index (χ2v) is 6.92. The molecule has 1 fully saturated rings. The highest BCUT2D eigenvalue weighted by atomic mass is 16.5. The van der Waals surface area contributed by atoms with Crippen LogP contribution in [0.3, 0.4) is 0 Å². The normalized spacial score (nSPS) is 17.5. The minimum atomic E-state index is 0.0516. The molecule has 1 aromatic carbocycles. The molecule has 0 aliphatic carbocycles. The minimum absolute atomic E-state index is 0.0516. The zero-order chi connectivity index (χ0) is 18.4. The van der Waals surface area contributed by atoms with Crippen molar-refractivity contribution in [3.05, 3.63) is 59.7 Å². The molecule has 6 heteroatoms. The van der Waals surface area contributed by atoms with E-state index >= 15 is 0 Å². The number of nitrogens with zero attached hydrogens (tertiary/aromatic N) is 4. The Balaban J connectivity index is 1.55. The van der Waals surface area contributed by atoms with Gasteiger partial charge in [-0.2, -0.15) is 0 Å². The molecule has 2 heterocycles. The molecule has 1 aromatic heterocycles. The van der Waals surface area contributed by atoms with Crippen molar-refractivity contribution >= 4 is 5.91 Å². The fourth-order valence-corrected chi connectivity index (χ4v) is 3.15. The van der Waals surface area contributed by atoms with Gasteiger partial charge in [0.05, 0.1) is 12.7 Å². The third-order valence-electron chi connectivity index (χ3n) is 4.49. The highest BCUT2D eigenvalue weighted by molar-refractivity contribution is 5.94. The van der Waals surface area contributed by atoms with Crippen LogP contribution in [-0.4, -0.2) is 65.6 Å². The van der Waals surface area contributed by atoms with Crippen LogP contribution in [0.1, 0.15) is 28.0 Å². The lowest BCUT2D eigenvalue weighted by Gasteiger charge is -2.33. The van der Waals surface area contributed by atoms with E-state index in [-0.39, 0.29) is 12.0 Å². The Bertz CT molecular complexity index is 704. The smallest absolute Gasteiger partial charge is 0.254 e. The summed E-state index contributed by atoms with van der Waals surface area (Å²) in [6, 6.07) is 9.82. The molecular weight excluding hydrogens is 328 g/mol. The molecule has 1 aliphatic rings. The molecule has 1 aliphatic heterocycles. The van der Waals surface area contributed by atoms with Gasteiger partial charge in [0.15, 0.2) is 0 Å². The molecular formula is C20H26N4O2. The molecule has 0 unspecified atom stereocenters. The Kier molecular flexibility index (Phi) is 6.30. The molecule has 138 valence electrons. The van der Waals surface area contributed by atoms with E-state index in [1.165, 1.54) is 5.56 Å². The number of carbonyl (C=O) groups excluding carboxylic acids is 1. The average molecular weight is 354 g/mol. The first-order valence-corrected chi connectivity index (χ1v) is 9.01. The van der Waals surface area contributed by atoms with Gasteiger partial charge in [0.2, 0.25) is 0 Å². The number of benzene rings is 1. The van der Waals surface area contributed by atoms with Crippen LogP contribution in [0.5, 0.6) is 0 Å². The van der Waals surface area contributed by atoms with Crippen molar-refractivity contribution in [3.63, 3.8) is 0 Å². The summed E-state index contributed by atoms with van der Waals surface area (Å²) in [6.45, 7) is 2.72. The first-order chi connectivity index (χ1) is 12.6. The lowest BCUT2D eigenvalue weighted by Crippen LogP contribution is -2.45. The van der Waals surface area contributed by atoms with Gasteiger partial charge in [-0.05, 0) is 50.7 Å². The standard InChI is InChI=1S/C20H26N4O2/c1-23(2)13-16-3-5-17(6-4-16)20(25)24-11-12-26-19(14-24)8-7-18-9-10-21-15-22-18/h3-6,9-10,15,19H,7-8,11-14H2,1-2H3/t19-/m0/s1. The molecule has 0 spiro atoms. The quantitative estimate of drug-likeness (QED) is 0.794. The van der Waals surface area contributed by atoms with Crippen molar-refractivity contribution in [1.82, 2.24) is 19.8 Å². The molecule has 1 atom stereocenters. The van der Waals surface area contributed by atoms with Crippen molar-refractivity contribution < 1.29 is 9.53 Å². The van der Waals surface area contributed by atoms with Crippen LogP contribution in [0, 0.1) is 0 Å². The van der Waals surface area contributed by atoms with Crippen LogP contribution in [-0.2, 0) is 17.7 Å². The van der Waals surface area contributed by atoms with Crippen LogP contribution in [0.4, 0.5) is 0 Å². The average Bonchev–Trinajstić information content (AvgIpc) is 2.67. The summed E-state index contributed by atoms with van der Waals surface area (Å²) in [5.41, 5.74) is 2.95. The minimum Gasteiger partial charge on any atom is -0.375 e. The van der Waals surface area contributed by atoms with Gasteiger partial charge < -0.3 is 14.5 Å². The number of morpholine rings is 1. The third kappa shape index (κ3) is 5.09. The summed E-state index contributed by atoms with van der Waals surface area (Å²) >= 11 is 0. The first kappa shape index (κ1) is 18.5. The van der Waals surface area contributed by atoms with Crippen molar-refractivity contribution in [3.8, 4) is 0 Å². The van der Waals surface area contributed by atoms with E-state index in [4.69, 9.17) is 4.74 Å². The molecule has 26 heavy (non-hydrogen) atoms. The summed E-state index contributed by atoms with van der Waals surface area (Å²) in [5, 5.41) is 0. The Hall–Kier alpha value is -2.31. The summed E-state index contributed by atoms with van der Waals surface area (Å²) in [6.07, 6.45) is 5.04. The van der Waals surface area contributed by atoms with E-state index < -0.39 is 0 Å². The lowest BCUT2D eigenvalue weighted by atomic mass is 10.1. The largest absolute Gasteiger partial charge is 0.375 e. The highest BCUT2D eigenvalue weighted by Crippen LogP contribution is 2.15. The van der Waals surface area contributed by atoms with E-state index in [2.05, 4.69) is 14.9 Å². The number of aromatic nitrogens is 2. The van der Waals surface area contributed by atoms with E-state index in [0.29, 0.717) is 19.7 Å². The number of carbonyl (C=O) groups is 1. The summed E-state index contributed by atoms with van der Waals surface area (Å²) < 4.78 is 5.84. The third-order valence-corrected chi connectivity index (χ3v) is 4.49. The summed E-state index contributed by atoms with van der Waals surface area (Å²) in [7, 11) is 4.07. The van der Waals surface area contributed by atoms with Crippen LogP contribution in [0.2, 0.25) is 0 Å². The van der Waals surface area contributed by atoms with Crippen LogP contribution in [0.25, 0.3) is 0 Å². The number of hydrogen-bond acceptors (Lipinski definition) is 5.